The van der Waals surface area contributed by atoms with Crippen LogP contribution in [0.5, 0.6) is 0 Å². The number of carbonyl (C=O) groups excluding carboxylic acids is 2. The van der Waals surface area contributed by atoms with Gasteiger partial charge in [0.25, 0.3) is 0 Å². The number of rotatable bonds is 9. The minimum absolute atomic E-state index is 0.167. The first-order valence-electron chi connectivity index (χ1n) is 11.2. The van der Waals surface area contributed by atoms with E-state index in [1.165, 1.54) is 24.0 Å². The van der Waals surface area contributed by atoms with Gasteiger partial charge >= 0.3 is 0 Å². The average molecular weight is 409 g/mol. The van der Waals surface area contributed by atoms with E-state index in [9.17, 15) is 9.59 Å². The van der Waals surface area contributed by atoms with Crippen molar-refractivity contribution >= 4 is 11.8 Å². The second-order valence-corrected chi connectivity index (χ2v) is 8.83. The number of piperidine rings is 1. The van der Waals surface area contributed by atoms with Crippen molar-refractivity contribution < 1.29 is 9.59 Å². The smallest absolute Gasteiger partial charge is 0.242 e. The zero-order valence-corrected chi connectivity index (χ0v) is 17.6. The molecular formula is C24H32N4O2. The van der Waals surface area contributed by atoms with Crippen molar-refractivity contribution in [1.29, 1.82) is 0 Å². The third kappa shape index (κ3) is 6.18. The molecule has 0 spiro atoms. The number of amides is 2. The molecule has 0 bridgehead atoms. The van der Waals surface area contributed by atoms with Crippen molar-refractivity contribution in [3.8, 4) is 0 Å². The van der Waals surface area contributed by atoms with Gasteiger partial charge in [0.15, 0.2) is 0 Å². The zero-order valence-electron chi connectivity index (χ0n) is 17.6. The molecule has 2 aliphatic rings. The van der Waals surface area contributed by atoms with Crippen molar-refractivity contribution in [3.05, 3.63) is 54.1 Å². The molecule has 1 N–H and O–H groups in total. The Morgan fingerprint density at radius 1 is 1.00 bits per heavy atom. The first kappa shape index (κ1) is 20.6. The van der Waals surface area contributed by atoms with Gasteiger partial charge in [-0.1, -0.05) is 24.3 Å². The molecule has 1 aromatic heterocycles. The van der Waals surface area contributed by atoms with Crippen LogP contribution in [0.4, 0.5) is 0 Å². The quantitative estimate of drug-likeness (QED) is 0.694. The highest BCUT2D eigenvalue weighted by Gasteiger charge is 2.23. The lowest BCUT2D eigenvalue weighted by Gasteiger charge is -2.32. The highest BCUT2D eigenvalue weighted by Crippen LogP contribution is 2.27. The van der Waals surface area contributed by atoms with Crippen LogP contribution in [0.1, 0.15) is 43.2 Å². The molecule has 4 rings (SSSR count). The van der Waals surface area contributed by atoms with Crippen molar-refractivity contribution in [3.63, 3.8) is 0 Å². The van der Waals surface area contributed by atoms with Crippen LogP contribution in [-0.2, 0) is 29.0 Å². The molecule has 2 fully saturated rings. The number of hydrogen-bond donors (Lipinski definition) is 1. The van der Waals surface area contributed by atoms with Crippen LogP contribution in [0, 0.1) is 11.8 Å². The Balaban J connectivity index is 1.16. The molecule has 1 aliphatic carbocycles. The number of nitrogens with one attached hydrogen (secondary N) is 1. The first-order valence-corrected chi connectivity index (χ1v) is 11.2. The van der Waals surface area contributed by atoms with E-state index in [4.69, 9.17) is 0 Å². The SMILES string of the molecule is O=C(CCc1ccc(CC2CCN(C(=O)Cn3ccnc3)CC2)cc1)NCC1CC1. The molecule has 6 heteroatoms. The molecule has 2 amide bonds. The van der Waals surface area contributed by atoms with Crippen LogP contribution in [0.25, 0.3) is 0 Å². The third-order valence-corrected chi connectivity index (χ3v) is 6.32. The number of benzene rings is 1. The lowest BCUT2D eigenvalue weighted by molar-refractivity contribution is -0.133. The second-order valence-electron chi connectivity index (χ2n) is 8.83. The molecule has 0 atom stereocenters. The molecule has 6 nitrogen and oxygen atoms in total. The summed E-state index contributed by atoms with van der Waals surface area (Å²) in [5, 5.41) is 3.03. The third-order valence-electron chi connectivity index (χ3n) is 6.32. The van der Waals surface area contributed by atoms with E-state index in [1.54, 1.807) is 12.5 Å². The van der Waals surface area contributed by atoms with Crippen molar-refractivity contribution in [2.24, 2.45) is 11.8 Å². The molecule has 30 heavy (non-hydrogen) atoms. The van der Waals surface area contributed by atoms with E-state index in [2.05, 4.69) is 34.6 Å². The maximum absolute atomic E-state index is 12.4. The van der Waals surface area contributed by atoms with Gasteiger partial charge in [-0.25, -0.2) is 4.98 Å². The molecule has 2 aromatic rings. The summed E-state index contributed by atoms with van der Waals surface area (Å²) in [6, 6.07) is 8.72. The summed E-state index contributed by atoms with van der Waals surface area (Å²) in [5.74, 6) is 1.70. The van der Waals surface area contributed by atoms with Crippen LogP contribution < -0.4 is 5.32 Å². The molecule has 1 aromatic carbocycles. The Morgan fingerprint density at radius 2 is 1.73 bits per heavy atom. The molecule has 0 radical (unpaired) electrons. The van der Waals surface area contributed by atoms with Gasteiger partial charge in [0, 0.05) is 38.4 Å². The van der Waals surface area contributed by atoms with Crippen LogP contribution in [-0.4, -0.2) is 45.9 Å². The summed E-state index contributed by atoms with van der Waals surface area (Å²) in [6.45, 7) is 2.91. The van der Waals surface area contributed by atoms with Crippen molar-refractivity contribution in [1.82, 2.24) is 19.8 Å². The van der Waals surface area contributed by atoms with Gasteiger partial charge in [-0.3, -0.25) is 9.59 Å². The van der Waals surface area contributed by atoms with E-state index in [0.29, 0.717) is 18.9 Å². The summed E-state index contributed by atoms with van der Waals surface area (Å²) < 4.78 is 1.83. The largest absolute Gasteiger partial charge is 0.356 e. The number of carbonyl (C=O) groups is 2. The summed E-state index contributed by atoms with van der Waals surface area (Å²) in [7, 11) is 0. The standard InChI is InChI=1S/C24H32N4O2/c29-23(26-16-22-5-6-22)8-7-19-1-3-20(4-2-19)15-21-9-12-28(13-10-21)24(30)17-27-14-11-25-18-27/h1-4,11,14,18,21-22H,5-10,12-13,15-17H2,(H,26,29). The predicted molar refractivity (Wildman–Crippen MR) is 116 cm³/mol. The van der Waals surface area contributed by atoms with E-state index in [1.807, 2.05) is 15.7 Å². The lowest BCUT2D eigenvalue weighted by Crippen LogP contribution is -2.40. The van der Waals surface area contributed by atoms with Gasteiger partial charge in [-0.05, 0) is 61.5 Å². The average Bonchev–Trinajstić information content (AvgIpc) is 3.46. The Bertz CT molecular complexity index is 819. The normalized spacial score (nSPS) is 17.1. The number of aromatic nitrogens is 2. The fraction of sp³-hybridized carbons (Fsp3) is 0.542. The predicted octanol–water partition coefficient (Wildman–Crippen LogP) is 2.82. The van der Waals surface area contributed by atoms with Gasteiger partial charge in [0.05, 0.1) is 6.33 Å². The first-order chi connectivity index (χ1) is 14.7. The fourth-order valence-electron chi connectivity index (χ4n) is 4.12. The topological polar surface area (TPSA) is 67.2 Å². The highest BCUT2D eigenvalue weighted by atomic mass is 16.2. The lowest BCUT2D eigenvalue weighted by atomic mass is 9.89. The van der Waals surface area contributed by atoms with E-state index in [0.717, 1.165) is 51.2 Å². The molecular weight excluding hydrogens is 376 g/mol. The summed E-state index contributed by atoms with van der Waals surface area (Å²) >= 11 is 0. The number of imidazole rings is 1. The van der Waals surface area contributed by atoms with Crippen LogP contribution in [0.2, 0.25) is 0 Å². The maximum atomic E-state index is 12.4. The Morgan fingerprint density at radius 3 is 2.40 bits per heavy atom. The maximum Gasteiger partial charge on any atom is 0.242 e. The van der Waals surface area contributed by atoms with Crippen molar-refractivity contribution in [2.45, 2.75) is 51.5 Å². The molecule has 1 aliphatic heterocycles. The number of hydrogen-bond acceptors (Lipinski definition) is 3. The fourth-order valence-corrected chi connectivity index (χ4v) is 4.12. The number of likely N-dealkylation sites (tertiary alicyclic amines) is 1. The van der Waals surface area contributed by atoms with Gasteiger partial charge in [0.2, 0.25) is 11.8 Å². The monoisotopic (exact) mass is 408 g/mol. The van der Waals surface area contributed by atoms with Crippen LogP contribution in [0.15, 0.2) is 43.0 Å². The van der Waals surface area contributed by atoms with Crippen LogP contribution >= 0.6 is 0 Å². The number of aryl methyl sites for hydroxylation is 1. The Kier molecular flexibility index (Phi) is 6.82. The molecule has 1 saturated heterocycles. The second kappa shape index (κ2) is 9.92. The molecule has 2 heterocycles. The van der Waals surface area contributed by atoms with E-state index in [-0.39, 0.29) is 11.8 Å². The Labute approximate surface area is 178 Å². The van der Waals surface area contributed by atoms with Crippen molar-refractivity contribution in [2.75, 3.05) is 19.6 Å². The van der Waals surface area contributed by atoms with Crippen LogP contribution in [0.3, 0.4) is 0 Å². The van der Waals surface area contributed by atoms with E-state index < -0.39 is 0 Å². The van der Waals surface area contributed by atoms with E-state index >= 15 is 0 Å². The zero-order chi connectivity index (χ0) is 20.8. The highest BCUT2D eigenvalue weighted by molar-refractivity contribution is 5.76. The molecule has 1 saturated carbocycles. The summed E-state index contributed by atoms with van der Waals surface area (Å²) in [4.78, 5) is 30.3. The molecule has 160 valence electrons. The minimum Gasteiger partial charge on any atom is -0.356 e. The Hall–Kier alpha value is -2.63. The van der Waals surface area contributed by atoms with Gasteiger partial charge < -0.3 is 14.8 Å². The van der Waals surface area contributed by atoms with Gasteiger partial charge in [-0.15, -0.1) is 0 Å². The summed E-state index contributed by atoms with van der Waals surface area (Å²) in [5.41, 5.74) is 2.57. The number of nitrogens with zero attached hydrogens (tertiary/aromatic N) is 3. The summed E-state index contributed by atoms with van der Waals surface area (Å²) in [6.07, 6.45) is 12.3. The molecule has 0 unspecified atom stereocenters. The minimum atomic E-state index is 0.167. The van der Waals surface area contributed by atoms with Gasteiger partial charge in [-0.2, -0.15) is 0 Å². The van der Waals surface area contributed by atoms with Gasteiger partial charge in [0.1, 0.15) is 6.54 Å².